The van der Waals surface area contributed by atoms with Gasteiger partial charge in [-0.2, -0.15) is 0 Å². The molecule has 2 aliphatic rings. The van der Waals surface area contributed by atoms with E-state index in [4.69, 9.17) is 4.74 Å². The van der Waals surface area contributed by atoms with Crippen LogP contribution in [0.4, 0.5) is 0 Å². The summed E-state index contributed by atoms with van der Waals surface area (Å²) in [4.78, 5) is 16.8. The quantitative estimate of drug-likeness (QED) is 0.694. The minimum Gasteiger partial charge on any atom is -0.385 e. The van der Waals surface area contributed by atoms with E-state index in [0.29, 0.717) is 23.8 Å². The van der Waals surface area contributed by atoms with E-state index in [-0.39, 0.29) is 0 Å². The molecule has 3 heterocycles. The normalized spacial score (nSPS) is 21.1. The van der Waals surface area contributed by atoms with Crippen LogP contribution in [0.25, 0.3) is 0 Å². The largest absolute Gasteiger partial charge is 0.385 e. The molecule has 0 N–H and O–H groups in total. The molecule has 146 valence electrons. The van der Waals surface area contributed by atoms with Crippen molar-refractivity contribution in [2.24, 2.45) is 5.41 Å². The Hall–Kier alpha value is -1.47. The van der Waals surface area contributed by atoms with Crippen molar-refractivity contribution in [2.75, 3.05) is 39.9 Å². The van der Waals surface area contributed by atoms with Gasteiger partial charge in [-0.3, -0.25) is 9.69 Å². The average Bonchev–Trinajstić information content (AvgIpc) is 3.09. The number of rotatable bonds is 7. The molecule has 0 aliphatic carbocycles. The number of ether oxygens (including phenoxy) is 1. The highest BCUT2D eigenvalue weighted by Gasteiger charge is 2.40. The minimum absolute atomic E-state index is 0.309. The molecule has 0 bridgehead atoms. The lowest BCUT2D eigenvalue weighted by molar-refractivity contribution is -0.139. The van der Waals surface area contributed by atoms with Crippen molar-refractivity contribution in [3.63, 3.8) is 0 Å². The van der Waals surface area contributed by atoms with Gasteiger partial charge in [-0.15, -0.1) is 10.2 Å². The van der Waals surface area contributed by atoms with Gasteiger partial charge >= 0.3 is 0 Å². The number of methoxy groups -OCH3 is 1. The average molecular weight is 364 g/mol. The third-order valence-electron chi connectivity index (χ3n) is 6.01. The zero-order valence-corrected chi connectivity index (χ0v) is 16.5. The molecule has 0 atom stereocenters. The summed E-state index contributed by atoms with van der Waals surface area (Å²) in [6.45, 7) is 9.81. The molecule has 7 nitrogen and oxygen atoms in total. The van der Waals surface area contributed by atoms with E-state index in [1.165, 1.54) is 0 Å². The zero-order chi connectivity index (χ0) is 18.6. The van der Waals surface area contributed by atoms with Crippen molar-refractivity contribution >= 4 is 5.91 Å². The second-order valence-corrected chi connectivity index (χ2v) is 8.19. The van der Waals surface area contributed by atoms with E-state index in [9.17, 15) is 4.79 Å². The Labute approximate surface area is 156 Å². The summed E-state index contributed by atoms with van der Waals surface area (Å²) in [6, 6.07) is 0.390. The molecule has 2 saturated heterocycles. The molecule has 26 heavy (non-hydrogen) atoms. The van der Waals surface area contributed by atoms with Crippen molar-refractivity contribution < 1.29 is 9.53 Å². The standard InChI is InChI=1S/C19H33N5O2/c1-16(2)24-15-20-21-17(24)13-22-10-7-19(8-11-22)6-5-18(25)23(14-19)9-4-12-26-3/h15-16H,4-14H2,1-3H3. The number of likely N-dealkylation sites (tertiary alicyclic amines) is 2. The number of amides is 1. The number of hydrogen-bond acceptors (Lipinski definition) is 5. The third kappa shape index (κ3) is 4.43. The molecule has 1 amide bonds. The minimum atomic E-state index is 0.309. The number of aromatic nitrogens is 3. The van der Waals surface area contributed by atoms with E-state index >= 15 is 0 Å². The number of carbonyl (C=O) groups is 1. The van der Waals surface area contributed by atoms with Crippen LogP contribution < -0.4 is 0 Å². The molecule has 7 heteroatoms. The summed E-state index contributed by atoms with van der Waals surface area (Å²) in [5, 5.41) is 8.38. The van der Waals surface area contributed by atoms with Crippen LogP contribution in [-0.4, -0.2) is 70.4 Å². The lowest BCUT2D eigenvalue weighted by Crippen LogP contribution is -2.51. The predicted octanol–water partition coefficient (Wildman–Crippen LogP) is 2.10. The maximum Gasteiger partial charge on any atom is 0.222 e. The molecule has 1 aromatic rings. The molecule has 3 rings (SSSR count). The summed E-state index contributed by atoms with van der Waals surface area (Å²) in [7, 11) is 1.72. The van der Waals surface area contributed by atoms with Gasteiger partial charge in [0.05, 0.1) is 6.54 Å². The Kier molecular flexibility index (Phi) is 6.29. The summed E-state index contributed by atoms with van der Waals surface area (Å²) >= 11 is 0. The lowest BCUT2D eigenvalue weighted by Gasteiger charge is -2.47. The molecule has 1 aromatic heterocycles. The molecule has 1 spiro atoms. The van der Waals surface area contributed by atoms with Crippen molar-refractivity contribution in [1.82, 2.24) is 24.6 Å². The van der Waals surface area contributed by atoms with E-state index in [1.807, 2.05) is 6.33 Å². The Morgan fingerprint density at radius 3 is 2.73 bits per heavy atom. The van der Waals surface area contributed by atoms with Crippen molar-refractivity contribution in [1.29, 1.82) is 0 Å². The first-order valence-corrected chi connectivity index (χ1v) is 9.90. The van der Waals surface area contributed by atoms with E-state index < -0.39 is 0 Å². The van der Waals surface area contributed by atoms with Gasteiger partial charge in [0.15, 0.2) is 0 Å². The number of piperidine rings is 2. The van der Waals surface area contributed by atoms with Crippen LogP contribution in [0.5, 0.6) is 0 Å². The summed E-state index contributed by atoms with van der Waals surface area (Å²) in [6.07, 6.45) is 6.83. The highest BCUT2D eigenvalue weighted by molar-refractivity contribution is 5.77. The fourth-order valence-electron chi connectivity index (χ4n) is 4.31. The van der Waals surface area contributed by atoms with Crippen LogP contribution in [0.15, 0.2) is 6.33 Å². The highest BCUT2D eigenvalue weighted by atomic mass is 16.5. The highest BCUT2D eigenvalue weighted by Crippen LogP contribution is 2.40. The zero-order valence-electron chi connectivity index (χ0n) is 16.5. The number of carbonyl (C=O) groups excluding carboxylic acids is 1. The topological polar surface area (TPSA) is 63.5 Å². The molecule has 0 unspecified atom stereocenters. The summed E-state index contributed by atoms with van der Waals surface area (Å²) < 4.78 is 7.29. The van der Waals surface area contributed by atoms with Crippen LogP contribution in [-0.2, 0) is 16.1 Å². The predicted molar refractivity (Wildman–Crippen MR) is 99.7 cm³/mol. The lowest BCUT2D eigenvalue weighted by atomic mass is 9.72. The van der Waals surface area contributed by atoms with Crippen LogP contribution in [0.3, 0.4) is 0 Å². The summed E-state index contributed by atoms with van der Waals surface area (Å²) in [5.41, 5.74) is 0.309. The molecule has 2 fully saturated rings. The van der Waals surface area contributed by atoms with Crippen LogP contribution in [0.1, 0.15) is 57.8 Å². The second kappa shape index (κ2) is 8.48. The number of hydrogen-bond donors (Lipinski definition) is 0. The van der Waals surface area contributed by atoms with Gasteiger partial charge < -0.3 is 14.2 Å². The van der Waals surface area contributed by atoms with Gasteiger partial charge in [-0.1, -0.05) is 0 Å². The van der Waals surface area contributed by atoms with Gasteiger partial charge in [0, 0.05) is 39.3 Å². The fraction of sp³-hybridized carbons (Fsp3) is 0.842. The van der Waals surface area contributed by atoms with Gasteiger partial charge in [0.2, 0.25) is 5.91 Å². The van der Waals surface area contributed by atoms with Crippen LogP contribution in [0.2, 0.25) is 0 Å². The maximum absolute atomic E-state index is 12.2. The van der Waals surface area contributed by atoms with Gasteiger partial charge in [0.1, 0.15) is 12.2 Å². The van der Waals surface area contributed by atoms with E-state index in [0.717, 1.165) is 70.8 Å². The van der Waals surface area contributed by atoms with Crippen LogP contribution in [0, 0.1) is 5.41 Å². The van der Waals surface area contributed by atoms with Gasteiger partial charge in [-0.25, -0.2) is 0 Å². The Balaban J connectivity index is 1.53. The first-order chi connectivity index (χ1) is 12.5. The SMILES string of the molecule is COCCCN1CC2(CCC1=O)CCN(Cc1nncn1C(C)C)CC2. The van der Waals surface area contributed by atoms with E-state index in [2.05, 4.69) is 38.4 Å². The first-order valence-electron chi connectivity index (χ1n) is 9.90. The number of nitrogens with zero attached hydrogens (tertiary/aromatic N) is 5. The Morgan fingerprint density at radius 1 is 1.27 bits per heavy atom. The molecular formula is C19H33N5O2. The Morgan fingerprint density at radius 2 is 2.04 bits per heavy atom. The maximum atomic E-state index is 12.2. The van der Waals surface area contributed by atoms with E-state index in [1.54, 1.807) is 7.11 Å². The van der Waals surface area contributed by atoms with Crippen molar-refractivity contribution in [2.45, 2.75) is 58.5 Å². The summed E-state index contributed by atoms with van der Waals surface area (Å²) in [5.74, 6) is 1.37. The molecule has 2 aliphatic heterocycles. The Bertz CT molecular complexity index is 593. The van der Waals surface area contributed by atoms with Crippen molar-refractivity contribution in [3.05, 3.63) is 12.2 Å². The fourth-order valence-corrected chi connectivity index (χ4v) is 4.31. The molecule has 0 aromatic carbocycles. The van der Waals surface area contributed by atoms with Gasteiger partial charge in [0.25, 0.3) is 0 Å². The second-order valence-electron chi connectivity index (χ2n) is 8.19. The molecule has 0 radical (unpaired) electrons. The molecule has 0 saturated carbocycles. The third-order valence-corrected chi connectivity index (χ3v) is 6.01. The first kappa shape index (κ1) is 19.3. The molecular weight excluding hydrogens is 330 g/mol. The van der Waals surface area contributed by atoms with Crippen molar-refractivity contribution in [3.8, 4) is 0 Å². The van der Waals surface area contributed by atoms with Gasteiger partial charge in [-0.05, 0) is 58.0 Å². The van der Waals surface area contributed by atoms with Crippen LogP contribution >= 0.6 is 0 Å². The smallest absolute Gasteiger partial charge is 0.222 e. The monoisotopic (exact) mass is 363 g/mol.